The molecule has 0 bridgehead atoms. The van der Waals surface area contributed by atoms with Crippen molar-refractivity contribution in [3.05, 3.63) is 70.6 Å². The molecule has 6 heteroatoms. The molecule has 1 fully saturated rings. The molecule has 1 heterocycles. The summed E-state index contributed by atoms with van der Waals surface area (Å²) in [7, 11) is 1.28. The predicted molar refractivity (Wildman–Crippen MR) is 105 cm³/mol. The number of thioether (sulfide) groups is 1. The molecule has 0 N–H and O–H groups in total. The lowest BCUT2D eigenvalue weighted by Gasteiger charge is -2.16. The maximum absolute atomic E-state index is 12.9. The number of carbonyl (C=O) groups excluding carboxylic acids is 2. The minimum atomic E-state index is -0.568. The third kappa shape index (κ3) is 3.86. The van der Waals surface area contributed by atoms with E-state index in [-0.39, 0.29) is 10.8 Å². The molecular formula is C20H18N2O3S. The highest BCUT2D eigenvalue weighted by molar-refractivity contribution is 8.19. The lowest BCUT2D eigenvalue weighted by Crippen LogP contribution is -2.28. The Labute approximate surface area is 156 Å². The number of methoxy groups -OCH3 is 1. The van der Waals surface area contributed by atoms with Gasteiger partial charge in [0.2, 0.25) is 0 Å². The van der Waals surface area contributed by atoms with Crippen molar-refractivity contribution in [2.75, 3.05) is 12.0 Å². The number of nitrogens with zero attached hydrogens (tertiary/aromatic N) is 2. The van der Waals surface area contributed by atoms with Gasteiger partial charge in [-0.1, -0.05) is 24.3 Å². The Balaban J connectivity index is 2.08. The Morgan fingerprint density at radius 2 is 1.81 bits per heavy atom. The molecular weight excluding hydrogens is 348 g/mol. The Hall–Kier alpha value is -2.86. The van der Waals surface area contributed by atoms with Crippen molar-refractivity contribution in [2.45, 2.75) is 13.8 Å². The normalized spacial score (nSPS) is 17.2. The van der Waals surface area contributed by atoms with Crippen molar-refractivity contribution >= 4 is 40.2 Å². The van der Waals surface area contributed by atoms with Gasteiger partial charge in [-0.05, 0) is 61.0 Å². The van der Waals surface area contributed by atoms with E-state index in [1.807, 2.05) is 62.4 Å². The van der Waals surface area contributed by atoms with Crippen LogP contribution in [0.3, 0.4) is 0 Å². The van der Waals surface area contributed by atoms with E-state index in [1.54, 1.807) is 0 Å². The quantitative estimate of drug-likeness (QED) is 0.605. The van der Waals surface area contributed by atoms with Gasteiger partial charge in [-0.15, -0.1) is 0 Å². The van der Waals surface area contributed by atoms with Crippen LogP contribution in [0.4, 0.5) is 11.4 Å². The number of aryl methyl sites for hydroxylation is 2. The van der Waals surface area contributed by atoms with E-state index < -0.39 is 5.97 Å². The Morgan fingerprint density at radius 3 is 2.46 bits per heavy atom. The molecule has 1 saturated heterocycles. The average molecular weight is 366 g/mol. The first-order valence-corrected chi connectivity index (χ1v) is 8.83. The molecule has 1 amide bonds. The number of carbonyl (C=O) groups is 2. The first kappa shape index (κ1) is 17.9. The first-order chi connectivity index (χ1) is 12.5. The Morgan fingerprint density at radius 1 is 1.12 bits per heavy atom. The smallest absolute Gasteiger partial charge is 0.331 e. The number of aliphatic imine (C=N–C) groups is 1. The van der Waals surface area contributed by atoms with Crippen LogP contribution in [0, 0.1) is 13.8 Å². The minimum absolute atomic E-state index is 0.282. The van der Waals surface area contributed by atoms with Crippen molar-refractivity contribution in [2.24, 2.45) is 4.99 Å². The highest BCUT2D eigenvalue weighted by Gasteiger charge is 2.35. The van der Waals surface area contributed by atoms with Crippen LogP contribution >= 0.6 is 11.8 Å². The molecule has 5 nitrogen and oxygen atoms in total. The van der Waals surface area contributed by atoms with E-state index in [9.17, 15) is 9.59 Å². The molecule has 0 aromatic heterocycles. The molecule has 1 aliphatic rings. The number of anilines is 1. The van der Waals surface area contributed by atoms with Crippen LogP contribution in [-0.4, -0.2) is 24.2 Å². The second-order valence-corrected chi connectivity index (χ2v) is 6.86. The van der Waals surface area contributed by atoms with Gasteiger partial charge >= 0.3 is 5.97 Å². The van der Waals surface area contributed by atoms with Gasteiger partial charge in [0.05, 0.1) is 23.4 Å². The molecule has 3 rings (SSSR count). The summed E-state index contributed by atoms with van der Waals surface area (Å²) >= 11 is 1.16. The number of amides is 1. The van der Waals surface area contributed by atoms with E-state index in [2.05, 4.69) is 9.73 Å². The summed E-state index contributed by atoms with van der Waals surface area (Å²) in [6, 6.07) is 15.3. The predicted octanol–water partition coefficient (Wildman–Crippen LogP) is 4.13. The molecule has 0 aliphatic carbocycles. The number of esters is 1. The summed E-state index contributed by atoms with van der Waals surface area (Å²) in [5.41, 5.74) is 3.56. The summed E-state index contributed by atoms with van der Waals surface area (Å²) in [5.74, 6) is -0.862. The fraction of sp³-hybridized carbons (Fsp3) is 0.150. The summed E-state index contributed by atoms with van der Waals surface area (Å²) in [6.45, 7) is 3.94. The molecule has 2 aromatic carbocycles. The number of benzene rings is 2. The van der Waals surface area contributed by atoms with Crippen molar-refractivity contribution in [1.82, 2.24) is 0 Å². The van der Waals surface area contributed by atoms with E-state index in [4.69, 9.17) is 0 Å². The second kappa shape index (κ2) is 7.58. The van der Waals surface area contributed by atoms with Crippen LogP contribution in [-0.2, 0) is 14.3 Å². The van der Waals surface area contributed by atoms with Crippen LogP contribution in [0.1, 0.15) is 11.1 Å². The third-order valence-electron chi connectivity index (χ3n) is 3.74. The highest BCUT2D eigenvalue weighted by atomic mass is 32.2. The van der Waals surface area contributed by atoms with E-state index >= 15 is 0 Å². The van der Waals surface area contributed by atoms with Crippen LogP contribution in [0.2, 0.25) is 0 Å². The van der Waals surface area contributed by atoms with Crippen LogP contribution < -0.4 is 4.90 Å². The van der Waals surface area contributed by atoms with Crippen molar-refractivity contribution in [3.63, 3.8) is 0 Å². The van der Waals surface area contributed by atoms with Gasteiger partial charge in [-0.3, -0.25) is 9.69 Å². The molecule has 0 unspecified atom stereocenters. The van der Waals surface area contributed by atoms with E-state index in [0.29, 0.717) is 10.9 Å². The zero-order chi connectivity index (χ0) is 18.7. The molecule has 0 spiro atoms. The molecule has 0 atom stereocenters. The van der Waals surface area contributed by atoms with Gasteiger partial charge in [0.25, 0.3) is 5.91 Å². The van der Waals surface area contributed by atoms with E-state index in [0.717, 1.165) is 28.6 Å². The maximum atomic E-state index is 12.9. The van der Waals surface area contributed by atoms with Crippen molar-refractivity contribution in [3.8, 4) is 0 Å². The highest BCUT2D eigenvalue weighted by Crippen LogP contribution is 2.36. The minimum Gasteiger partial charge on any atom is -0.466 e. The standard InChI is InChI=1S/C20H18N2O3S/c1-13-6-4-8-15(10-13)21-20-22(16-9-5-7-14(2)11-16)19(24)17(26-20)12-18(23)25-3/h4-12H,1-3H3/b17-12-,21-20?. The van der Waals surface area contributed by atoms with Gasteiger partial charge in [-0.25, -0.2) is 9.79 Å². The average Bonchev–Trinajstić information content (AvgIpc) is 2.90. The summed E-state index contributed by atoms with van der Waals surface area (Å²) in [4.78, 5) is 30.9. The topological polar surface area (TPSA) is 59.0 Å². The lowest BCUT2D eigenvalue weighted by molar-refractivity contribution is -0.135. The molecule has 26 heavy (non-hydrogen) atoms. The number of rotatable bonds is 3. The van der Waals surface area contributed by atoms with Gasteiger partial charge in [-0.2, -0.15) is 0 Å². The first-order valence-electron chi connectivity index (χ1n) is 8.02. The van der Waals surface area contributed by atoms with Crippen LogP contribution in [0.5, 0.6) is 0 Å². The van der Waals surface area contributed by atoms with E-state index in [1.165, 1.54) is 18.1 Å². The number of ether oxygens (including phenoxy) is 1. The fourth-order valence-corrected chi connectivity index (χ4v) is 3.48. The number of amidine groups is 1. The summed E-state index contributed by atoms with van der Waals surface area (Å²) < 4.78 is 4.65. The summed E-state index contributed by atoms with van der Waals surface area (Å²) in [6.07, 6.45) is 1.20. The molecule has 132 valence electrons. The number of hydrogen-bond acceptors (Lipinski definition) is 5. The Bertz CT molecular complexity index is 934. The van der Waals surface area contributed by atoms with Crippen LogP contribution in [0.25, 0.3) is 0 Å². The largest absolute Gasteiger partial charge is 0.466 e. The van der Waals surface area contributed by atoms with Gasteiger partial charge in [0, 0.05) is 6.08 Å². The monoisotopic (exact) mass is 366 g/mol. The zero-order valence-corrected chi connectivity index (χ0v) is 15.5. The maximum Gasteiger partial charge on any atom is 0.331 e. The molecule has 2 aromatic rings. The van der Waals surface area contributed by atoms with Crippen LogP contribution in [0.15, 0.2) is 64.5 Å². The van der Waals surface area contributed by atoms with Crippen molar-refractivity contribution in [1.29, 1.82) is 0 Å². The fourth-order valence-electron chi connectivity index (χ4n) is 2.52. The molecule has 0 radical (unpaired) electrons. The summed E-state index contributed by atoms with van der Waals surface area (Å²) in [5, 5.41) is 0.501. The number of hydrogen-bond donors (Lipinski definition) is 0. The molecule has 0 saturated carbocycles. The van der Waals surface area contributed by atoms with Gasteiger partial charge in [0.15, 0.2) is 5.17 Å². The Kier molecular flexibility index (Phi) is 5.23. The van der Waals surface area contributed by atoms with Crippen molar-refractivity contribution < 1.29 is 14.3 Å². The third-order valence-corrected chi connectivity index (χ3v) is 4.71. The van der Waals surface area contributed by atoms with Gasteiger partial charge < -0.3 is 4.74 Å². The zero-order valence-electron chi connectivity index (χ0n) is 14.7. The second-order valence-electron chi connectivity index (χ2n) is 5.85. The van der Waals surface area contributed by atoms with Gasteiger partial charge in [0.1, 0.15) is 0 Å². The SMILES string of the molecule is COC(=O)/C=C1\SC(=Nc2cccc(C)c2)N(c2cccc(C)c2)C1=O. The molecule has 1 aliphatic heterocycles. The lowest BCUT2D eigenvalue weighted by atomic mass is 10.2.